The van der Waals surface area contributed by atoms with E-state index in [1.165, 1.54) is 16.8 Å². The average molecular weight is 237 g/mol. The van der Waals surface area contributed by atoms with Crippen molar-refractivity contribution in [1.82, 2.24) is 0 Å². The van der Waals surface area contributed by atoms with Gasteiger partial charge in [0.2, 0.25) is 0 Å². The third-order valence-corrected chi connectivity index (χ3v) is 4.03. The van der Waals surface area contributed by atoms with Crippen molar-refractivity contribution < 1.29 is 0 Å². The first-order valence-electron chi connectivity index (χ1n) is 6.62. The smallest absolute Gasteiger partial charge is 0.0603 e. The maximum Gasteiger partial charge on any atom is 0.0603 e. The van der Waals surface area contributed by atoms with Gasteiger partial charge in [0, 0.05) is 5.69 Å². The molecule has 92 valence electrons. The number of hydrogen-bond donors (Lipinski definition) is 1. The first-order valence-corrected chi connectivity index (χ1v) is 6.62. The van der Waals surface area contributed by atoms with Gasteiger partial charge >= 0.3 is 0 Å². The summed E-state index contributed by atoms with van der Waals surface area (Å²) in [5.74, 6) is 0.590. The zero-order valence-electron chi connectivity index (χ0n) is 11.0. The van der Waals surface area contributed by atoms with Crippen LogP contribution in [0.25, 0.3) is 0 Å². The maximum absolute atomic E-state index is 3.72. The molecule has 0 unspecified atom stereocenters. The molecule has 0 aromatic heterocycles. The lowest BCUT2D eigenvalue weighted by atomic mass is 9.77. The second-order valence-corrected chi connectivity index (χ2v) is 5.52. The fourth-order valence-electron chi connectivity index (χ4n) is 3.11. The van der Waals surface area contributed by atoms with E-state index >= 15 is 0 Å². The van der Waals surface area contributed by atoms with Crippen molar-refractivity contribution in [2.24, 2.45) is 0 Å². The van der Waals surface area contributed by atoms with Crippen LogP contribution in [0.3, 0.4) is 0 Å². The summed E-state index contributed by atoms with van der Waals surface area (Å²) in [5, 5.41) is 3.72. The summed E-state index contributed by atoms with van der Waals surface area (Å²) in [6, 6.07) is 19.4. The van der Waals surface area contributed by atoms with Crippen LogP contribution in [0.5, 0.6) is 0 Å². The number of fused-ring (bicyclic) bond motifs is 1. The van der Waals surface area contributed by atoms with E-state index in [0.29, 0.717) is 5.92 Å². The Labute approximate surface area is 109 Å². The van der Waals surface area contributed by atoms with Crippen LogP contribution in [0.1, 0.15) is 37.3 Å². The van der Waals surface area contributed by atoms with Crippen molar-refractivity contribution in [3.63, 3.8) is 0 Å². The Morgan fingerprint density at radius 1 is 1.00 bits per heavy atom. The number of hydrogen-bond acceptors (Lipinski definition) is 1. The van der Waals surface area contributed by atoms with Gasteiger partial charge in [0.25, 0.3) is 0 Å². The molecule has 3 rings (SSSR count). The van der Waals surface area contributed by atoms with Crippen LogP contribution in [0, 0.1) is 0 Å². The predicted molar refractivity (Wildman–Crippen MR) is 76.9 cm³/mol. The number of para-hydroxylation sites is 1. The molecule has 1 heterocycles. The summed E-state index contributed by atoms with van der Waals surface area (Å²) in [5.41, 5.74) is 4.12. The van der Waals surface area contributed by atoms with Crippen LogP contribution >= 0.6 is 0 Å². The summed E-state index contributed by atoms with van der Waals surface area (Å²) < 4.78 is 0. The largest absolute Gasteiger partial charge is 0.376 e. The molecule has 0 amide bonds. The summed E-state index contributed by atoms with van der Waals surface area (Å²) in [6.07, 6.45) is 1.13. The average Bonchev–Trinajstić information content (AvgIpc) is 2.40. The molecule has 1 nitrogen and oxygen atoms in total. The van der Waals surface area contributed by atoms with Crippen LogP contribution < -0.4 is 5.32 Å². The molecule has 18 heavy (non-hydrogen) atoms. The van der Waals surface area contributed by atoms with Gasteiger partial charge in [0.05, 0.1) is 5.54 Å². The van der Waals surface area contributed by atoms with Crippen LogP contribution in [-0.2, 0) is 5.54 Å². The van der Waals surface area contributed by atoms with Gasteiger partial charge in [-0.25, -0.2) is 0 Å². The molecule has 1 N–H and O–H groups in total. The Balaban J connectivity index is 2.03. The van der Waals surface area contributed by atoms with Gasteiger partial charge in [0.1, 0.15) is 0 Å². The summed E-state index contributed by atoms with van der Waals surface area (Å²) in [6.45, 7) is 4.62. The molecule has 0 saturated carbocycles. The molecule has 0 radical (unpaired) electrons. The number of rotatable bonds is 1. The molecule has 2 aromatic rings. The molecule has 0 bridgehead atoms. The van der Waals surface area contributed by atoms with Gasteiger partial charge in [-0.2, -0.15) is 0 Å². The maximum atomic E-state index is 3.72. The van der Waals surface area contributed by atoms with E-state index in [4.69, 9.17) is 0 Å². The van der Waals surface area contributed by atoms with Crippen LogP contribution in [-0.4, -0.2) is 0 Å². The minimum absolute atomic E-state index is 0.0367. The lowest BCUT2D eigenvalue weighted by molar-refractivity contribution is 0.434. The van der Waals surface area contributed by atoms with Gasteiger partial charge in [-0.05, 0) is 36.5 Å². The Morgan fingerprint density at radius 2 is 1.67 bits per heavy atom. The fourth-order valence-corrected chi connectivity index (χ4v) is 3.11. The highest BCUT2D eigenvalue weighted by Crippen LogP contribution is 2.43. The lowest BCUT2D eigenvalue weighted by Crippen LogP contribution is -2.37. The van der Waals surface area contributed by atoms with E-state index in [2.05, 4.69) is 73.8 Å². The first-order chi connectivity index (χ1) is 8.69. The molecule has 0 saturated heterocycles. The molecule has 1 aliphatic heterocycles. The molecule has 0 fully saturated rings. The zero-order valence-corrected chi connectivity index (χ0v) is 11.0. The standard InChI is InChI=1S/C17H19N/c1-13-12-17(2,14-8-4-3-5-9-14)18-16-11-7-6-10-15(13)16/h3-11,13,18H,12H2,1-2H3/t13-,17-/m0/s1. The normalized spacial score (nSPS) is 26.2. The van der Waals surface area contributed by atoms with Gasteiger partial charge in [-0.1, -0.05) is 55.5 Å². The molecule has 1 heteroatoms. The van der Waals surface area contributed by atoms with Gasteiger partial charge in [-0.3, -0.25) is 0 Å². The zero-order chi connectivity index (χ0) is 12.6. The Hall–Kier alpha value is -1.76. The second-order valence-electron chi connectivity index (χ2n) is 5.52. The van der Waals surface area contributed by atoms with Crippen molar-refractivity contribution in [1.29, 1.82) is 0 Å². The van der Waals surface area contributed by atoms with Crippen molar-refractivity contribution in [3.8, 4) is 0 Å². The minimum atomic E-state index is 0.0367. The van der Waals surface area contributed by atoms with E-state index in [-0.39, 0.29) is 5.54 Å². The molecule has 0 aliphatic carbocycles. The minimum Gasteiger partial charge on any atom is -0.376 e. The summed E-state index contributed by atoms with van der Waals surface area (Å²) in [7, 11) is 0. The van der Waals surface area contributed by atoms with E-state index in [1.54, 1.807) is 0 Å². The quantitative estimate of drug-likeness (QED) is 0.769. The van der Waals surface area contributed by atoms with Crippen LogP contribution in [0.4, 0.5) is 5.69 Å². The van der Waals surface area contributed by atoms with Crippen molar-refractivity contribution >= 4 is 5.69 Å². The SMILES string of the molecule is C[C@H]1C[C@@](C)(c2ccccc2)Nc2ccccc21. The fraction of sp³-hybridized carbons (Fsp3) is 0.294. The van der Waals surface area contributed by atoms with E-state index in [9.17, 15) is 0 Å². The Bertz CT molecular complexity index is 547. The third kappa shape index (κ3) is 1.80. The molecular formula is C17H19N. The Morgan fingerprint density at radius 3 is 2.44 bits per heavy atom. The van der Waals surface area contributed by atoms with Crippen molar-refractivity contribution in [2.45, 2.75) is 31.7 Å². The predicted octanol–water partition coefficient (Wildman–Crippen LogP) is 4.52. The first kappa shape index (κ1) is 11.3. The highest BCUT2D eigenvalue weighted by molar-refractivity contribution is 5.58. The van der Waals surface area contributed by atoms with Crippen molar-refractivity contribution in [3.05, 3.63) is 65.7 Å². The third-order valence-electron chi connectivity index (χ3n) is 4.03. The molecule has 1 aliphatic rings. The molecule has 2 aromatic carbocycles. The van der Waals surface area contributed by atoms with Crippen molar-refractivity contribution in [2.75, 3.05) is 5.32 Å². The van der Waals surface area contributed by atoms with E-state index in [0.717, 1.165) is 6.42 Å². The molecule has 0 spiro atoms. The van der Waals surface area contributed by atoms with E-state index in [1.807, 2.05) is 0 Å². The van der Waals surface area contributed by atoms with Gasteiger partial charge in [0.15, 0.2) is 0 Å². The highest BCUT2D eigenvalue weighted by Gasteiger charge is 2.34. The monoisotopic (exact) mass is 237 g/mol. The Kier molecular flexibility index (Phi) is 2.62. The summed E-state index contributed by atoms with van der Waals surface area (Å²) in [4.78, 5) is 0. The highest BCUT2D eigenvalue weighted by atomic mass is 15.0. The summed E-state index contributed by atoms with van der Waals surface area (Å²) >= 11 is 0. The lowest BCUT2D eigenvalue weighted by Gasteiger charge is -2.40. The van der Waals surface area contributed by atoms with Crippen LogP contribution in [0.2, 0.25) is 0 Å². The topological polar surface area (TPSA) is 12.0 Å². The van der Waals surface area contributed by atoms with E-state index < -0.39 is 0 Å². The van der Waals surface area contributed by atoms with Gasteiger partial charge in [-0.15, -0.1) is 0 Å². The van der Waals surface area contributed by atoms with Crippen LogP contribution in [0.15, 0.2) is 54.6 Å². The number of benzene rings is 2. The number of nitrogens with one attached hydrogen (secondary N) is 1. The molecular weight excluding hydrogens is 218 g/mol. The van der Waals surface area contributed by atoms with Gasteiger partial charge < -0.3 is 5.32 Å². The second kappa shape index (κ2) is 4.16. The molecule has 2 atom stereocenters. The number of anilines is 1.